The van der Waals surface area contributed by atoms with E-state index in [0.29, 0.717) is 13.0 Å². The van der Waals surface area contributed by atoms with E-state index in [9.17, 15) is 4.79 Å². The van der Waals surface area contributed by atoms with Gasteiger partial charge in [0.2, 0.25) is 5.91 Å². The highest BCUT2D eigenvalue weighted by Crippen LogP contribution is 2.27. The minimum absolute atomic E-state index is 0.0789. The maximum absolute atomic E-state index is 11.2. The summed E-state index contributed by atoms with van der Waals surface area (Å²) in [5.41, 5.74) is 2.22. The number of carbonyl (C=O) groups is 1. The van der Waals surface area contributed by atoms with E-state index in [4.69, 9.17) is 4.74 Å². The summed E-state index contributed by atoms with van der Waals surface area (Å²) in [7, 11) is 1.67. The van der Waals surface area contributed by atoms with Crippen molar-refractivity contribution in [3.63, 3.8) is 0 Å². The van der Waals surface area contributed by atoms with Crippen molar-refractivity contribution in [3.05, 3.63) is 30.0 Å². The summed E-state index contributed by atoms with van der Waals surface area (Å²) >= 11 is 0. The zero-order valence-corrected chi connectivity index (χ0v) is 10.7. The van der Waals surface area contributed by atoms with E-state index in [-0.39, 0.29) is 5.91 Å². The molecule has 1 heterocycles. The molecule has 2 rings (SSSR count). The average molecular weight is 246 g/mol. The van der Waals surface area contributed by atoms with E-state index in [1.807, 2.05) is 31.3 Å². The molecule has 0 unspecified atom stereocenters. The highest BCUT2D eigenvalue weighted by atomic mass is 16.5. The van der Waals surface area contributed by atoms with Gasteiger partial charge in [-0.2, -0.15) is 0 Å². The minimum atomic E-state index is 0.0789. The van der Waals surface area contributed by atoms with Gasteiger partial charge in [-0.3, -0.25) is 4.79 Å². The maximum Gasteiger partial charge on any atom is 0.219 e. The first-order valence-corrected chi connectivity index (χ1v) is 6.16. The van der Waals surface area contributed by atoms with Crippen molar-refractivity contribution in [2.45, 2.75) is 19.8 Å². The van der Waals surface area contributed by atoms with E-state index in [2.05, 4.69) is 10.3 Å². The van der Waals surface area contributed by atoms with Gasteiger partial charge in [0.1, 0.15) is 5.75 Å². The molecule has 0 atom stereocenters. The molecule has 96 valence electrons. The van der Waals surface area contributed by atoms with E-state index in [0.717, 1.165) is 28.6 Å². The number of hydrogen-bond donors (Lipinski definition) is 2. The second-order valence-electron chi connectivity index (χ2n) is 4.14. The number of benzene rings is 1. The van der Waals surface area contributed by atoms with Crippen LogP contribution in [0.3, 0.4) is 0 Å². The topological polar surface area (TPSA) is 54.1 Å². The normalized spacial score (nSPS) is 10.6. The van der Waals surface area contributed by atoms with Gasteiger partial charge in [-0.25, -0.2) is 0 Å². The number of nitrogens with one attached hydrogen (secondary N) is 2. The maximum atomic E-state index is 11.2. The largest absolute Gasteiger partial charge is 0.496 e. The molecule has 0 aliphatic rings. The Labute approximate surface area is 106 Å². The number of H-pyrrole nitrogens is 1. The number of carbonyl (C=O) groups excluding carboxylic acids is 1. The molecule has 0 bridgehead atoms. The fourth-order valence-corrected chi connectivity index (χ4v) is 2.08. The highest BCUT2D eigenvalue weighted by molar-refractivity contribution is 5.85. The van der Waals surface area contributed by atoms with Crippen molar-refractivity contribution < 1.29 is 9.53 Å². The Hall–Kier alpha value is -1.97. The SMILES string of the molecule is CCC(=O)NCCc1c(OC)ccc2[nH]ccc12. The summed E-state index contributed by atoms with van der Waals surface area (Å²) in [6.07, 6.45) is 3.20. The van der Waals surface area contributed by atoms with E-state index in [1.54, 1.807) is 7.11 Å². The monoisotopic (exact) mass is 246 g/mol. The Morgan fingerprint density at radius 2 is 2.22 bits per heavy atom. The van der Waals surface area contributed by atoms with Gasteiger partial charge in [0.25, 0.3) is 0 Å². The average Bonchev–Trinajstić information content (AvgIpc) is 2.87. The Kier molecular flexibility index (Phi) is 3.87. The predicted molar refractivity (Wildman–Crippen MR) is 71.9 cm³/mol. The molecule has 0 aliphatic heterocycles. The van der Waals surface area contributed by atoms with E-state index in [1.165, 1.54) is 0 Å². The van der Waals surface area contributed by atoms with Crippen LogP contribution in [0.5, 0.6) is 5.75 Å². The third-order valence-corrected chi connectivity index (χ3v) is 3.04. The van der Waals surface area contributed by atoms with Crippen LogP contribution in [0.15, 0.2) is 24.4 Å². The summed E-state index contributed by atoms with van der Waals surface area (Å²) in [5, 5.41) is 4.04. The number of aromatic amines is 1. The molecular formula is C14H18N2O2. The second-order valence-corrected chi connectivity index (χ2v) is 4.14. The summed E-state index contributed by atoms with van der Waals surface area (Å²) in [6, 6.07) is 5.99. The molecule has 18 heavy (non-hydrogen) atoms. The quantitative estimate of drug-likeness (QED) is 0.850. The van der Waals surface area contributed by atoms with Crippen molar-refractivity contribution in [1.82, 2.24) is 10.3 Å². The molecule has 2 N–H and O–H groups in total. The summed E-state index contributed by atoms with van der Waals surface area (Å²) in [6.45, 7) is 2.48. The van der Waals surface area contributed by atoms with Crippen LogP contribution in [0.2, 0.25) is 0 Å². The first-order chi connectivity index (χ1) is 8.76. The molecule has 2 aromatic rings. The summed E-state index contributed by atoms with van der Waals surface area (Å²) in [4.78, 5) is 14.4. The van der Waals surface area contributed by atoms with Crippen LogP contribution in [0.25, 0.3) is 10.9 Å². The van der Waals surface area contributed by atoms with Crippen LogP contribution in [-0.2, 0) is 11.2 Å². The molecule has 0 radical (unpaired) electrons. The van der Waals surface area contributed by atoms with Crippen molar-refractivity contribution in [2.75, 3.05) is 13.7 Å². The molecule has 0 aliphatic carbocycles. The zero-order chi connectivity index (χ0) is 13.0. The van der Waals surface area contributed by atoms with Crippen molar-refractivity contribution in [2.24, 2.45) is 0 Å². The number of amides is 1. The number of methoxy groups -OCH3 is 1. The lowest BCUT2D eigenvalue weighted by atomic mass is 10.1. The molecule has 4 heteroatoms. The summed E-state index contributed by atoms with van der Waals surface area (Å²) < 4.78 is 5.38. The van der Waals surface area contributed by atoms with Crippen molar-refractivity contribution in [1.29, 1.82) is 0 Å². The molecule has 4 nitrogen and oxygen atoms in total. The van der Waals surface area contributed by atoms with Crippen molar-refractivity contribution >= 4 is 16.8 Å². The first-order valence-electron chi connectivity index (χ1n) is 6.16. The van der Waals surface area contributed by atoms with Crippen LogP contribution in [0.1, 0.15) is 18.9 Å². The molecule has 0 spiro atoms. The molecule has 0 saturated heterocycles. The number of ether oxygens (including phenoxy) is 1. The van der Waals surface area contributed by atoms with Gasteiger partial charge < -0.3 is 15.0 Å². The number of rotatable bonds is 5. The second kappa shape index (κ2) is 5.58. The van der Waals surface area contributed by atoms with Gasteiger partial charge in [-0.15, -0.1) is 0 Å². The van der Waals surface area contributed by atoms with Gasteiger partial charge in [-0.05, 0) is 24.6 Å². The van der Waals surface area contributed by atoms with Gasteiger partial charge in [0, 0.05) is 35.6 Å². The molecule has 0 fully saturated rings. The van der Waals surface area contributed by atoms with Gasteiger partial charge in [-0.1, -0.05) is 6.92 Å². The molecule has 1 amide bonds. The predicted octanol–water partition coefficient (Wildman–Crippen LogP) is 2.25. The van der Waals surface area contributed by atoms with Gasteiger partial charge >= 0.3 is 0 Å². The highest BCUT2D eigenvalue weighted by Gasteiger charge is 2.09. The fourth-order valence-electron chi connectivity index (χ4n) is 2.08. The van der Waals surface area contributed by atoms with E-state index < -0.39 is 0 Å². The Balaban J connectivity index is 2.19. The lowest BCUT2D eigenvalue weighted by Gasteiger charge is -2.10. The number of fused-ring (bicyclic) bond motifs is 1. The molecule has 1 aromatic heterocycles. The number of aromatic nitrogens is 1. The van der Waals surface area contributed by atoms with Gasteiger partial charge in [0.05, 0.1) is 7.11 Å². The minimum Gasteiger partial charge on any atom is -0.496 e. The third kappa shape index (κ3) is 2.47. The lowest BCUT2D eigenvalue weighted by molar-refractivity contribution is -0.120. The van der Waals surface area contributed by atoms with E-state index >= 15 is 0 Å². The molecular weight excluding hydrogens is 228 g/mol. The Bertz CT molecular complexity index is 546. The molecule has 0 saturated carbocycles. The van der Waals surface area contributed by atoms with Crippen LogP contribution in [-0.4, -0.2) is 24.5 Å². The Morgan fingerprint density at radius 1 is 1.39 bits per heavy atom. The standard InChI is InChI=1S/C14H18N2O2/c1-3-14(17)16-9-7-11-10-6-8-15-12(10)4-5-13(11)18-2/h4-6,8,15H,3,7,9H2,1-2H3,(H,16,17). The first kappa shape index (κ1) is 12.5. The van der Waals surface area contributed by atoms with Crippen LogP contribution in [0, 0.1) is 0 Å². The smallest absolute Gasteiger partial charge is 0.219 e. The number of hydrogen-bond acceptors (Lipinski definition) is 2. The van der Waals surface area contributed by atoms with Crippen LogP contribution in [0.4, 0.5) is 0 Å². The van der Waals surface area contributed by atoms with Gasteiger partial charge in [0.15, 0.2) is 0 Å². The lowest BCUT2D eigenvalue weighted by Crippen LogP contribution is -2.24. The fraction of sp³-hybridized carbons (Fsp3) is 0.357. The van der Waals surface area contributed by atoms with Crippen LogP contribution < -0.4 is 10.1 Å². The van der Waals surface area contributed by atoms with Crippen molar-refractivity contribution in [3.8, 4) is 5.75 Å². The zero-order valence-electron chi connectivity index (χ0n) is 10.7. The third-order valence-electron chi connectivity index (χ3n) is 3.04. The Morgan fingerprint density at radius 3 is 2.94 bits per heavy atom. The summed E-state index contributed by atoms with van der Waals surface area (Å²) in [5.74, 6) is 0.947. The van der Waals surface area contributed by atoms with Crippen LogP contribution >= 0.6 is 0 Å². The molecule has 1 aromatic carbocycles.